The molecule has 1 aromatic rings. The Morgan fingerprint density at radius 1 is 1.60 bits per heavy atom. The Morgan fingerprint density at radius 2 is 2.33 bits per heavy atom. The van der Waals surface area contributed by atoms with Crippen molar-refractivity contribution in [1.29, 1.82) is 0 Å². The fraction of sp³-hybridized carbons (Fsp3) is 0.333. The molecule has 0 saturated heterocycles. The Bertz CT molecular complexity index is 338. The van der Waals surface area contributed by atoms with Crippen LogP contribution in [0.25, 0.3) is 0 Å². The first kappa shape index (κ1) is 12.4. The number of benzene rings is 1. The molecule has 1 nitrogen and oxygen atoms in total. The summed E-state index contributed by atoms with van der Waals surface area (Å²) in [6, 6.07) is 4.86. The van der Waals surface area contributed by atoms with E-state index >= 15 is 0 Å². The van der Waals surface area contributed by atoms with E-state index in [1.54, 1.807) is 12.1 Å². The molecule has 15 heavy (non-hydrogen) atoms. The number of rotatable bonds is 5. The van der Waals surface area contributed by atoms with Crippen LogP contribution < -0.4 is 5.32 Å². The molecule has 0 spiro atoms. The van der Waals surface area contributed by atoms with E-state index in [-0.39, 0.29) is 11.9 Å². The van der Waals surface area contributed by atoms with Gasteiger partial charge in [0, 0.05) is 10.5 Å². The highest BCUT2D eigenvalue weighted by atomic mass is 79.9. The van der Waals surface area contributed by atoms with Crippen LogP contribution in [0.3, 0.4) is 0 Å². The minimum atomic E-state index is -0.208. The zero-order chi connectivity index (χ0) is 11.3. The molecule has 0 bridgehead atoms. The molecule has 1 N–H and O–H groups in total. The summed E-state index contributed by atoms with van der Waals surface area (Å²) in [5.74, 6) is -0.208. The maximum absolute atomic E-state index is 13.1. The molecule has 1 unspecified atom stereocenters. The predicted octanol–water partition coefficient (Wildman–Crippen LogP) is 3.81. The summed E-state index contributed by atoms with van der Waals surface area (Å²) in [5.41, 5.74) is 0.941. The summed E-state index contributed by atoms with van der Waals surface area (Å²) in [6.45, 7) is 6.59. The van der Waals surface area contributed by atoms with Crippen LogP contribution in [0.2, 0.25) is 0 Å². The first-order valence-corrected chi connectivity index (χ1v) is 5.77. The van der Waals surface area contributed by atoms with Crippen LogP contribution in [0.15, 0.2) is 35.3 Å². The molecule has 1 aromatic carbocycles. The van der Waals surface area contributed by atoms with Gasteiger partial charge in [0.1, 0.15) is 5.82 Å². The lowest BCUT2D eigenvalue weighted by molar-refractivity contribution is 0.549. The number of hydrogen-bond donors (Lipinski definition) is 1. The molecule has 0 heterocycles. The fourth-order valence-electron chi connectivity index (χ4n) is 1.51. The summed E-state index contributed by atoms with van der Waals surface area (Å²) in [7, 11) is 0. The summed E-state index contributed by atoms with van der Waals surface area (Å²) >= 11 is 3.43. The highest BCUT2D eigenvalue weighted by Gasteiger charge is 2.12. The summed E-state index contributed by atoms with van der Waals surface area (Å²) in [4.78, 5) is 0. The maximum Gasteiger partial charge on any atom is 0.123 e. The zero-order valence-corrected chi connectivity index (χ0v) is 10.3. The number of hydrogen-bond acceptors (Lipinski definition) is 1. The molecule has 3 heteroatoms. The second kappa shape index (κ2) is 6.03. The minimum absolute atomic E-state index is 0.123. The molecule has 1 atom stereocenters. The first-order valence-electron chi connectivity index (χ1n) is 4.98. The third-order valence-corrected chi connectivity index (χ3v) is 2.91. The zero-order valence-electron chi connectivity index (χ0n) is 8.76. The van der Waals surface area contributed by atoms with Gasteiger partial charge in [0.2, 0.25) is 0 Å². The van der Waals surface area contributed by atoms with Gasteiger partial charge in [0.25, 0.3) is 0 Å². The van der Waals surface area contributed by atoms with Gasteiger partial charge in [-0.3, -0.25) is 0 Å². The summed E-state index contributed by atoms with van der Waals surface area (Å²) in [5, 5.41) is 3.30. The summed E-state index contributed by atoms with van der Waals surface area (Å²) in [6.07, 6.45) is 2.63. The molecule has 0 aliphatic rings. The molecule has 82 valence electrons. The van der Waals surface area contributed by atoms with Crippen molar-refractivity contribution in [3.05, 3.63) is 46.7 Å². The van der Waals surface area contributed by atoms with Crippen LogP contribution in [0.4, 0.5) is 4.39 Å². The van der Waals surface area contributed by atoms with E-state index in [0.717, 1.165) is 23.0 Å². The van der Waals surface area contributed by atoms with Gasteiger partial charge in [0.15, 0.2) is 0 Å². The molecule has 1 rings (SSSR count). The third-order valence-electron chi connectivity index (χ3n) is 2.19. The van der Waals surface area contributed by atoms with Gasteiger partial charge in [-0.05, 0) is 36.7 Å². The van der Waals surface area contributed by atoms with Crippen molar-refractivity contribution in [2.75, 3.05) is 6.54 Å². The van der Waals surface area contributed by atoms with Gasteiger partial charge >= 0.3 is 0 Å². The predicted molar refractivity (Wildman–Crippen MR) is 65.3 cm³/mol. The van der Waals surface area contributed by atoms with Crippen LogP contribution in [-0.2, 0) is 0 Å². The Labute approximate surface area is 98.5 Å². The number of nitrogens with one attached hydrogen (secondary N) is 1. The van der Waals surface area contributed by atoms with E-state index in [2.05, 4.69) is 27.8 Å². The van der Waals surface area contributed by atoms with Gasteiger partial charge in [-0.15, -0.1) is 6.58 Å². The van der Waals surface area contributed by atoms with Gasteiger partial charge < -0.3 is 5.32 Å². The van der Waals surface area contributed by atoms with Gasteiger partial charge in [-0.1, -0.05) is 28.9 Å². The van der Waals surface area contributed by atoms with Crippen molar-refractivity contribution in [2.45, 2.75) is 19.4 Å². The van der Waals surface area contributed by atoms with Crippen molar-refractivity contribution in [3.8, 4) is 0 Å². The molecular formula is C12H15BrFN. The highest BCUT2D eigenvalue weighted by molar-refractivity contribution is 9.10. The van der Waals surface area contributed by atoms with Gasteiger partial charge in [0.05, 0.1) is 0 Å². The van der Waals surface area contributed by atoms with Crippen molar-refractivity contribution in [1.82, 2.24) is 5.32 Å². The van der Waals surface area contributed by atoms with E-state index in [1.807, 2.05) is 13.0 Å². The Kier molecular flexibility index (Phi) is 4.99. The second-order valence-electron chi connectivity index (χ2n) is 3.30. The topological polar surface area (TPSA) is 12.0 Å². The van der Waals surface area contributed by atoms with Crippen molar-refractivity contribution >= 4 is 15.9 Å². The fourth-order valence-corrected chi connectivity index (χ4v) is 2.04. The minimum Gasteiger partial charge on any atom is -0.310 e. The second-order valence-corrected chi connectivity index (χ2v) is 4.15. The lowest BCUT2D eigenvalue weighted by Crippen LogP contribution is -2.20. The lowest BCUT2D eigenvalue weighted by Gasteiger charge is -2.18. The van der Waals surface area contributed by atoms with Crippen molar-refractivity contribution in [3.63, 3.8) is 0 Å². The van der Waals surface area contributed by atoms with E-state index in [1.165, 1.54) is 6.07 Å². The van der Waals surface area contributed by atoms with Crippen LogP contribution >= 0.6 is 15.9 Å². The highest BCUT2D eigenvalue weighted by Crippen LogP contribution is 2.26. The van der Waals surface area contributed by atoms with E-state index in [4.69, 9.17) is 0 Å². The van der Waals surface area contributed by atoms with E-state index in [9.17, 15) is 4.39 Å². The largest absolute Gasteiger partial charge is 0.310 e. The molecule has 0 radical (unpaired) electrons. The molecule has 0 aliphatic carbocycles. The average Bonchev–Trinajstić information content (AvgIpc) is 2.21. The van der Waals surface area contributed by atoms with Crippen LogP contribution in [0.1, 0.15) is 24.9 Å². The monoisotopic (exact) mass is 271 g/mol. The van der Waals surface area contributed by atoms with Gasteiger partial charge in [-0.25, -0.2) is 4.39 Å². The van der Waals surface area contributed by atoms with E-state index in [0.29, 0.717) is 0 Å². The standard InChI is InChI=1S/C12H15BrFN/c1-3-5-12(15-4-2)10-8-9(14)6-7-11(10)13/h3,6-8,12,15H,1,4-5H2,2H3. The molecule has 0 amide bonds. The Morgan fingerprint density at radius 3 is 2.93 bits per heavy atom. The maximum atomic E-state index is 13.1. The SMILES string of the molecule is C=CCC(NCC)c1cc(F)ccc1Br. The quantitative estimate of drug-likeness (QED) is 0.803. The third kappa shape index (κ3) is 3.43. The van der Waals surface area contributed by atoms with Crippen LogP contribution in [-0.4, -0.2) is 6.54 Å². The Balaban J connectivity index is 2.97. The van der Waals surface area contributed by atoms with Crippen LogP contribution in [0.5, 0.6) is 0 Å². The average molecular weight is 272 g/mol. The van der Waals surface area contributed by atoms with Crippen LogP contribution in [0, 0.1) is 5.82 Å². The lowest BCUT2D eigenvalue weighted by atomic mass is 10.0. The molecule has 0 saturated carbocycles. The normalized spacial score (nSPS) is 12.5. The van der Waals surface area contributed by atoms with Crippen molar-refractivity contribution in [2.24, 2.45) is 0 Å². The molecule has 0 aromatic heterocycles. The molecule has 0 fully saturated rings. The molecule has 0 aliphatic heterocycles. The smallest absolute Gasteiger partial charge is 0.123 e. The van der Waals surface area contributed by atoms with Crippen molar-refractivity contribution < 1.29 is 4.39 Å². The summed E-state index contributed by atoms with van der Waals surface area (Å²) < 4.78 is 14.0. The van der Waals surface area contributed by atoms with E-state index < -0.39 is 0 Å². The number of halogens is 2. The van der Waals surface area contributed by atoms with Gasteiger partial charge in [-0.2, -0.15) is 0 Å². The first-order chi connectivity index (χ1) is 7.19. The molecular weight excluding hydrogens is 257 g/mol. The Hall–Kier alpha value is -0.670.